The molecule has 0 radical (unpaired) electrons. The maximum absolute atomic E-state index is 13.0. The first kappa shape index (κ1) is 16.6. The second kappa shape index (κ2) is 6.71. The number of thiazole rings is 1. The third-order valence-electron chi connectivity index (χ3n) is 3.53. The largest absolute Gasteiger partial charge is 0.321 e. The number of nitrogens with one attached hydrogen (secondary N) is 1. The standard InChI is InChI=1S/C18H14ClFN2OS/c1-10-9-13(19)5-8-15(10)22-17(23)16-11(2)21-18(24-16)12-3-6-14(20)7-4-12/h3-9H,1-2H3,(H,22,23). The Labute approximate surface area is 148 Å². The zero-order valence-electron chi connectivity index (χ0n) is 13.1. The molecule has 0 aliphatic heterocycles. The van der Waals surface area contributed by atoms with Gasteiger partial charge < -0.3 is 5.32 Å². The average Bonchev–Trinajstić information content (AvgIpc) is 2.93. The fraction of sp³-hybridized carbons (Fsp3) is 0.111. The minimum absolute atomic E-state index is 0.219. The number of aromatic nitrogens is 1. The molecule has 1 amide bonds. The SMILES string of the molecule is Cc1cc(Cl)ccc1NC(=O)c1sc(-c2ccc(F)cc2)nc1C. The number of aryl methyl sites for hydroxylation is 2. The number of carbonyl (C=O) groups excluding carboxylic acids is 1. The van der Waals surface area contributed by atoms with E-state index in [2.05, 4.69) is 10.3 Å². The van der Waals surface area contributed by atoms with E-state index >= 15 is 0 Å². The van der Waals surface area contributed by atoms with Gasteiger partial charge in [0.25, 0.3) is 5.91 Å². The van der Waals surface area contributed by atoms with Crippen molar-refractivity contribution >= 4 is 34.5 Å². The number of nitrogens with zero attached hydrogens (tertiary/aromatic N) is 1. The van der Waals surface area contributed by atoms with E-state index in [9.17, 15) is 9.18 Å². The molecule has 0 atom stereocenters. The summed E-state index contributed by atoms with van der Waals surface area (Å²) in [5.74, 6) is -0.521. The molecule has 0 saturated heterocycles. The topological polar surface area (TPSA) is 42.0 Å². The van der Waals surface area contributed by atoms with Gasteiger partial charge in [0, 0.05) is 16.3 Å². The molecule has 0 fully saturated rings. The van der Waals surface area contributed by atoms with Gasteiger partial charge in [0.05, 0.1) is 5.69 Å². The highest BCUT2D eigenvalue weighted by atomic mass is 35.5. The Balaban J connectivity index is 1.86. The van der Waals surface area contributed by atoms with Gasteiger partial charge in [0.2, 0.25) is 0 Å². The molecule has 3 rings (SSSR count). The molecule has 2 aromatic carbocycles. The molecular formula is C18H14ClFN2OS. The molecule has 1 aromatic heterocycles. The molecule has 0 aliphatic carbocycles. The molecule has 1 N–H and O–H groups in total. The van der Waals surface area contributed by atoms with E-state index < -0.39 is 0 Å². The first-order chi connectivity index (χ1) is 11.4. The van der Waals surface area contributed by atoms with E-state index in [0.717, 1.165) is 11.1 Å². The van der Waals surface area contributed by atoms with E-state index in [1.807, 2.05) is 6.92 Å². The Bertz CT molecular complexity index is 906. The van der Waals surface area contributed by atoms with Gasteiger partial charge >= 0.3 is 0 Å². The maximum Gasteiger partial charge on any atom is 0.267 e. The van der Waals surface area contributed by atoms with E-state index in [-0.39, 0.29) is 11.7 Å². The van der Waals surface area contributed by atoms with Crippen LogP contribution in [0.3, 0.4) is 0 Å². The predicted octanol–water partition coefficient (Wildman–Crippen LogP) is 5.47. The maximum atomic E-state index is 13.0. The van der Waals surface area contributed by atoms with Gasteiger partial charge in [-0.3, -0.25) is 4.79 Å². The number of carbonyl (C=O) groups is 1. The lowest BCUT2D eigenvalue weighted by Crippen LogP contribution is -2.12. The van der Waals surface area contributed by atoms with Crippen LogP contribution in [-0.4, -0.2) is 10.9 Å². The fourth-order valence-corrected chi connectivity index (χ4v) is 3.46. The van der Waals surface area contributed by atoms with Gasteiger partial charge in [0.15, 0.2) is 0 Å². The molecule has 0 aliphatic rings. The van der Waals surface area contributed by atoms with E-state index in [4.69, 9.17) is 11.6 Å². The molecule has 0 bridgehead atoms. The van der Waals surface area contributed by atoms with Crippen molar-refractivity contribution in [3.63, 3.8) is 0 Å². The lowest BCUT2D eigenvalue weighted by Gasteiger charge is -2.07. The highest BCUT2D eigenvalue weighted by molar-refractivity contribution is 7.17. The number of amides is 1. The Morgan fingerprint density at radius 1 is 1.17 bits per heavy atom. The lowest BCUT2D eigenvalue weighted by atomic mass is 10.2. The summed E-state index contributed by atoms with van der Waals surface area (Å²) >= 11 is 7.21. The molecule has 1 heterocycles. The van der Waals surface area contributed by atoms with E-state index in [1.54, 1.807) is 37.3 Å². The Hall–Kier alpha value is -2.24. The van der Waals surface area contributed by atoms with Gasteiger partial charge in [-0.05, 0) is 61.9 Å². The number of hydrogen-bond donors (Lipinski definition) is 1. The van der Waals surface area contributed by atoms with Gasteiger partial charge in [-0.15, -0.1) is 11.3 Å². The van der Waals surface area contributed by atoms with Crippen LogP contribution >= 0.6 is 22.9 Å². The van der Waals surface area contributed by atoms with E-state index in [1.165, 1.54) is 23.5 Å². The smallest absolute Gasteiger partial charge is 0.267 e. The highest BCUT2D eigenvalue weighted by Gasteiger charge is 2.17. The van der Waals surface area contributed by atoms with Crippen LogP contribution in [0.1, 0.15) is 20.9 Å². The summed E-state index contributed by atoms with van der Waals surface area (Å²) in [7, 11) is 0. The van der Waals surface area contributed by atoms with Crippen LogP contribution in [0.15, 0.2) is 42.5 Å². The van der Waals surface area contributed by atoms with Crippen molar-refractivity contribution in [1.82, 2.24) is 4.98 Å². The van der Waals surface area contributed by atoms with Crippen molar-refractivity contribution in [2.24, 2.45) is 0 Å². The molecule has 122 valence electrons. The van der Waals surface area contributed by atoms with Gasteiger partial charge in [0.1, 0.15) is 15.7 Å². The van der Waals surface area contributed by atoms with Gasteiger partial charge in [-0.2, -0.15) is 0 Å². The van der Waals surface area contributed by atoms with E-state index in [0.29, 0.717) is 26.3 Å². The summed E-state index contributed by atoms with van der Waals surface area (Å²) in [4.78, 5) is 17.5. The summed E-state index contributed by atoms with van der Waals surface area (Å²) in [5.41, 5.74) is 3.02. The molecular weight excluding hydrogens is 347 g/mol. The summed E-state index contributed by atoms with van der Waals surface area (Å²) in [5, 5.41) is 4.19. The first-order valence-electron chi connectivity index (χ1n) is 7.25. The Kier molecular flexibility index (Phi) is 4.64. The predicted molar refractivity (Wildman–Crippen MR) is 96.4 cm³/mol. The summed E-state index contributed by atoms with van der Waals surface area (Å²) in [6.07, 6.45) is 0. The van der Waals surface area contributed by atoms with Crippen LogP contribution in [0.25, 0.3) is 10.6 Å². The molecule has 0 saturated carbocycles. The van der Waals surface area contributed by atoms with Gasteiger partial charge in [-0.1, -0.05) is 11.6 Å². The fourth-order valence-electron chi connectivity index (χ4n) is 2.27. The number of anilines is 1. The number of halogens is 2. The molecule has 0 spiro atoms. The van der Waals surface area contributed by atoms with Crippen molar-refractivity contribution in [1.29, 1.82) is 0 Å². The molecule has 3 nitrogen and oxygen atoms in total. The molecule has 3 aromatic rings. The summed E-state index contributed by atoms with van der Waals surface area (Å²) in [6, 6.07) is 11.4. The van der Waals surface area contributed by atoms with Crippen LogP contribution in [0.2, 0.25) is 5.02 Å². The van der Waals surface area contributed by atoms with Crippen molar-refractivity contribution in [3.8, 4) is 10.6 Å². The van der Waals surface area contributed by atoms with Gasteiger partial charge in [-0.25, -0.2) is 9.37 Å². The van der Waals surface area contributed by atoms with Crippen molar-refractivity contribution in [2.75, 3.05) is 5.32 Å². The summed E-state index contributed by atoms with van der Waals surface area (Å²) in [6.45, 7) is 3.66. The zero-order valence-corrected chi connectivity index (χ0v) is 14.6. The van der Waals surface area contributed by atoms with Crippen molar-refractivity contribution < 1.29 is 9.18 Å². The molecule has 24 heavy (non-hydrogen) atoms. The van der Waals surface area contributed by atoms with Crippen LogP contribution in [-0.2, 0) is 0 Å². The number of hydrogen-bond acceptors (Lipinski definition) is 3. The average molecular weight is 361 g/mol. The number of benzene rings is 2. The zero-order chi connectivity index (χ0) is 17.3. The minimum Gasteiger partial charge on any atom is -0.321 e. The third kappa shape index (κ3) is 3.47. The van der Waals surface area contributed by atoms with Crippen LogP contribution in [0.5, 0.6) is 0 Å². The molecule has 0 unspecified atom stereocenters. The third-order valence-corrected chi connectivity index (χ3v) is 4.97. The Morgan fingerprint density at radius 2 is 1.88 bits per heavy atom. The second-order valence-corrected chi connectivity index (χ2v) is 6.79. The monoisotopic (exact) mass is 360 g/mol. The van der Waals surface area contributed by atoms with Crippen LogP contribution in [0.4, 0.5) is 10.1 Å². The highest BCUT2D eigenvalue weighted by Crippen LogP contribution is 2.29. The minimum atomic E-state index is -0.303. The Morgan fingerprint density at radius 3 is 2.54 bits per heavy atom. The van der Waals surface area contributed by atoms with Crippen molar-refractivity contribution in [2.45, 2.75) is 13.8 Å². The quantitative estimate of drug-likeness (QED) is 0.672. The second-order valence-electron chi connectivity index (χ2n) is 5.35. The van der Waals surface area contributed by atoms with Crippen LogP contribution < -0.4 is 5.32 Å². The first-order valence-corrected chi connectivity index (χ1v) is 8.44. The normalized spacial score (nSPS) is 10.7. The van der Waals surface area contributed by atoms with Crippen molar-refractivity contribution in [3.05, 3.63) is 69.4 Å². The summed E-state index contributed by atoms with van der Waals surface area (Å²) < 4.78 is 13.0. The number of rotatable bonds is 3. The lowest BCUT2D eigenvalue weighted by molar-refractivity contribution is 0.102. The van der Waals surface area contributed by atoms with Crippen LogP contribution in [0, 0.1) is 19.7 Å². The molecule has 6 heteroatoms.